The van der Waals surface area contributed by atoms with Crippen LogP contribution in [0.3, 0.4) is 0 Å². The molecule has 0 radical (unpaired) electrons. The van der Waals surface area contributed by atoms with Gasteiger partial charge in [0.15, 0.2) is 0 Å². The highest BCUT2D eigenvalue weighted by atomic mass is 32.2. The van der Waals surface area contributed by atoms with E-state index in [4.69, 9.17) is 0 Å². The van der Waals surface area contributed by atoms with E-state index < -0.39 is 27.6 Å². The van der Waals surface area contributed by atoms with Gasteiger partial charge in [-0.25, -0.2) is 17.5 Å². The summed E-state index contributed by atoms with van der Waals surface area (Å²) in [7, 11) is -3.95. The molecule has 8 heteroatoms. The average molecular weight is 347 g/mol. The van der Waals surface area contributed by atoms with Gasteiger partial charge in [-0.05, 0) is 42.3 Å². The minimum Gasteiger partial charge on any atom is -0.211 e. The predicted octanol–water partition coefficient (Wildman–Crippen LogP) is 3.37. The quantitative estimate of drug-likeness (QED) is 0.843. The highest BCUT2D eigenvalue weighted by molar-refractivity contribution is 7.89. The van der Waals surface area contributed by atoms with Gasteiger partial charge in [0.2, 0.25) is 10.0 Å². The van der Waals surface area contributed by atoms with Crippen LogP contribution in [0.15, 0.2) is 53.4 Å². The zero-order chi connectivity index (χ0) is 17.1. The van der Waals surface area contributed by atoms with E-state index in [1.54, 1.807) is 6.07 Å². The van der Waals surface area contributed by atoms with Gasteiger partial charge in [0.05, 0.1) is 10.5 Å². The van der Waals surface area contributed by atoms with E-state index in [0.717, 1.165) is 12.1 Å². The molecular formula is C15H13F4NO2S. The molecule has 3 nitrogen and oxygen atoms in total. The van der Waals surface area contributed by atoms with E-state index in [1.165, 1.54) is 18.2 Å². The summed E-state index contributed by atoms with van der Waals surface area (Å²) in [6, 6.07) is 9.11. The van der Waals surface area contributed by atoms with Crippen molar-refractivity contribution in [2.75, 3.05) is 6.54 Å². The molecule has 0 spiro atoms. The van der Waals surface area contributed by atoms with Crippen molar-refractivity contribution >= 4 is 10.0 Å². The second-order valence-corrected chi connectivity index (χ2v) is 6.53. The van der Waals surface area contributed by atoms with Crippen LogP contribution in [0.5, 0.6) is 0 Å². The minimum atomic E-state index is -4.53. The molecule has 0 aliphatic carbocycles. The van der Waals surface area contributed by atoms with E-state index in [1.807, 2.05) is 0 Å². The van der Waals surface area contributed by atoms with E-state index in [9.17, 15) is 26.0 Å². The van der Waals surface area contributed by atoms with Crippen LogP contribution in [0.25, 0.3) is 0 Å². The van der Waals surface area contributed by atoms with Crippen molar-refractivity contribution in [3.05, 3.63) is 65.5 Å². The number of benzene rings is 2. The maximum atomic E-state index is 13.4. The summed E-state index contributed by atoms with van der Waals surface area (Å²) >= 11 is 0. The molecular weight excluding hydrogens is 334 g/mol. The van der Waals surface area contributed by atoms with Crippen LogP contribution < -0.4 is 4.72 Å². The fraction of sp³-hybridized carbons (Fsp3) is 0.200. The third kappa shape index (κ3) is 4.52. The van der Waals surface area contributed by atoms with Gasteiger partial charge < -0.3 is 0 Å². The third-order valence-electron chi connectivity index (χ3n) is 3.14. The average Bonchev–Trinajstić information content (AvgIpc) is 2.48. The summed E-state index contributed by atoms with van der Waals surface area (Å²) in [4.78, 5) is -0.279. The van der Waals surface area contributed by atoms with Crippen molar-refractivity contribution in [3.8, 4) is 0 Å². The lowest BCUT2D eigenvalue weighted by molar-refractivity contribution is -0.137. The van der Waals surface area contributed by atoms with Crippen LogP contribution in [-0.2, 0) is 22.6 Å². The fourth-order valence-corrected chi connectivity index (χ4v) is 2.96. The molecule has 2 aromatic carbocycles. The highest BCUT2D eigenvalue weighted by Gasteiger charge is 2.30. The number of alkyl halides is 3. The molecule has 124 valence electrons. The maximum Gasteiger partial charge on any atom is 0.416 e. The predicted molar refractivity (Wildman–Crippen MR) is 76.7 cm³/mol. The summed E-state index contributed by atoms with van der Waals surface area (Å²) in [6.45, 7) is -0.0652. The molecule has 0 aliphatic rings. The van der Waals surface area contributed by atoms with E-state index in [0.29, 0.717) is 17.7 Å². The Bertz CT molecular complexity index is 771. The largest absolute Gasteiger partial charge is 0.416 e. The molecule has 0 saturated carbocycles. The first-order valence-corrected chi connectivity index (χ1v) is 8.09. The van der Waals surface area contributed by atoms with Gasteiger partial charge in [0, 0.05) is 6.54 Å². The topological polar surface area (TPSA) is 46.2 Å². The first kappa shape index (κ1) is 17.4. The number of hydrogen-bond donors (Lipinski definition) is 1. The molecule has 23 heavy (non-hydrogen) atoms. The lowest BCUT2D eigenvalue weighted by atomic mass is 10.1. The number of halogens is 4. The normalized spacial score (nSPS) is 12.3. The molecule has 0 saturated heterocycles. The first-order valence-electron chi connectivity index (χ1n) is 6.60. The molecule has 0 aromatic heterocycles. The number of nitrogens with one attached hydrogen (secondary N) is 1. The number of rotatable bonds is 5. The van der Waals surface area contributed by atoms with Gasteiger partial charge in [-0.2, -0.15) is 13.2 Å². The molecule has 2 aromatic rings. The van der Waals surface area contributed by atoms with Crippen molar-refractivity contribution in [1.29, 1.82) is 0 Å². The monoisotopic (exact) mass is 347 g/mol. The van der Waals surface area contributed by atoms with Crippen LogP contribution >= 0.6 is 0 Å². The Morgan fingerprint density at radius 3 is 2.13 bits per heavy atom. The molecule has 0 heterocycles. The molecule has 0 amide bonds. The summed E-state index contributed by atoms with van der Waals surface area (Å²) in [5.41, 5.74) is -0.578. The van der Waals surface area contributed by atoms with Crippen LogP contribution in [0, 0.1) is 5.82 Å². The van der Waals surface area contributed by atoms with Gasteiger partial charge in [0.25, 0.3) is 0 Å². The van der Waals surface area contributed by atoms with E-state index >= 15 is 0 Å². The van der Waals surface area contributed by atoms with Crippen LogP contribution in [0.4, 0.5) is 17.6 Å². The zero-order valence-electron chi connectivity index (χ0n) is 11.8. The summed E-state index contributed by atoms with van der Waals surface area (Å²) in [5, 5.41) is 0. The van der Waals surface area contributed by atoms with Gasteiger partial charge in [-0.1, -0.05) is 18.2 Å². The van der Waals surface area contributed by atoms with Crippen LogP contribution in [0.2, 0.25) is 0 Å². The van der Waals surface area contributed by atoms with Gasteiger partial charge >= 0.3 is 6.18 Å². The SMILES string of the molecule is O=S(=O)(NCCc1ccccc1F)c1ccc(C(F)(F)F)cc1. The Morgan fingerprint density at radius 1 is 0.957 bits per heavy atom. The van der Waals surface area contributed by atoms with Gasteiger partial charge in [-0.3, -0.25) is 0 Å². The van der Waals surface area contributed by atoms with Crippen molar-refractivity contribution in [2.24, 2.45) is 0 Å². The first-order chi connectivity index (χ1) is 10.7. The maximum absolute atomic E-state index is 13.4. The van der Waals surface area contributed by atoms with E-state index in [-0.39, 0.29) is 17.9 Å². The van der Waals surface area contributed by atoms with Crippen molar-refractivity contribution in [2.45, 2.75) is 17.5 Å². The van der Waals surface area contributed by atoms with Crippen molar-refractivity contribution in [1.82, 2.24) is 4.72 Å². The third-order valence-corrected chi connectivity index (χ3v) is 4.61. The van der Waals surface area contributed by atoms with Gasteiger partial charge in [-0.15, -0.1) is 0 Å². The van der Waals surface area contributed by atoms with Crippen molar-refractivity contribution < 1.29 is 26.0 Å². The number of sulfonamides is 1. The number of hydrogen-bond acceptors (Lipinski definition) is 2. The lowest BCUT2D eigenvalue weighted by Gasteiger charge is -2.09. The lowest BCUT2D eigenvalue weighted by Crippen LogP contribution is -2.26. The second kappa shape index (κ2) is 6.67. The Morgan fingerprint density at radius 2 is 1.57 bits per heavy atom. The zero-order valence-corrected chi connectivity index (χ0v) is 12.6. The van der Waals surface area contributed by atoms with Crippen LogP contribution in [-0.4, -0.2) is 15.0 Å². The molecule has 2 rings (SSSR count). The van der Waals surface area contributed by atoms with Crippen molar-refractivity contribution in [3.63, 3.8) is 0 Å². The summed E-state index contributed by atoms with van der Waals surface area (Å²) in [5.74, 6) is -0.443. The molecule has 0 fully saturated rings. The second-order valence-electron chi connectivity index (χ2n) is 4.76. The van der Waals surface area contributed by atoms with E-state index in [2.05, 4.69) is 4.72 Å². The standard InChI is InChI=1S/C15H13F4NO2S/c16-14-4-2-1-3-11(14)9-10-20-23(21,22)13-7-5-12(6-8-13)15(17,18)19/h1-8,20H,9-10H2. The highest BCUT2D eigenvalue weighted by Crippen LogP contribution is 2.29. The Labute approximate surface area is 131 Å². The summed E-state index contributed by atoms with van der Waals surface area (Å²) < 4.78 is 76.9. The summed E-state index contributed by atoms with van der Waals surface area (Å²) in [6.07, 6.45) is -4.40. The fourth-order valence-electron chi connectivity index (χ4n) is 1.93. The molecule has 1 N–H and O–H groups in total. The molecule has 0 unspecified atom stereocenters. The Kier molecular flexibility index (Phi) is 5.06. The molecule has 0 aliphatic heterocycles. The van der Waals surface area contributed by atoms with Gasteiger partial charge in [0.1, 0.15) is 5.82 Å². The Balaban J connectivity index is 2.03. The smallest absolute Gasteiger partial charge is 0.211 e. The minimum absolute atomic E-state index is 0.0652. The Hall–Kier alpha value is -1.93. The van der Waals surface area contributed by atoms with Crippen LogP contribution in [0.1, 0.15) is 11.1 Å². The molecule has 0 bridgehead atoms. The molecule has 0 atom stereocenters.